The van der Waals surface area contributed by atoms with Crippen LogP contribution in [0.5, 0.6) is 0 Å². The SMILES string of the molecule is NCC(F)(F)CO[C@H]1OC(CO)[C@@H](O)C(O)C1O[C@H]1OC(CO)[C@@H](O)C(O)C1O[C@@H]1OC(CO)[C@@H](O)C(O)C1O. The Bertz CT molecular complexity index is 787. The van der Waals surface area contributed by atoms with Gasteiger partial charge >= 0.3 is 0 Å². The molecule has 0 radical (unpaired) electrons. The normalized spacial score (nSPS) is 46.9. The first-order chi connectivity index (χ1) is 18.8. The van der Waals surface area contributed by atoms with Gasteiger partial charge in [-0.05, 0) is 0 Å². The van der Waals surface area contributed by atoms with E-state index >= 15 is 0 Å². The van der Waals surface area contributed by atoms with Crippen molar-refractivity contribution in [2.24, 2.45) is 5.73 Å². The van der Waals surface area contributed by atoms with Gasteiger partial charge in [0.15, 0.2) is 18.9 Å². The Morgan fingerprint density at radius 1 is 0.575 bits per heavy atom. The Balaban J connectivity index is 1.88. The lowest BCUT2D eigenvalue weighted by Crippen LogP contribution is -2.67. The molecule has 0 amide bonds. The monoisotopic (exact) mass is 597 g/mol. The van der Waals surface area contributed by atoms with Crippen LogP contribution in [-0.4, -0.2) is 182 Å². The van der Waals surface area contributed by atoms with Crippen LogP contribution in [0.15, 0.2) is 0 Å². The van der Waals surface area contributed by atoms with Crippen LogP contribution in [0.3, 0.4) is 0 Å². The molecular formula is C21H37F2NO16. The van der Waals surface area contributed by atoms with E-state index in [0.717, 1.165) is 0 Å². The molecule has 0 saturated carbocycles. The molecule has 236 valence electrons. The molecule has 17 nitrogen and oxygen atoms in total. The number of aliphatic hydroxyl groups is 10. The number of rotatable bonds is 11. The van der Waals surface area contributed by atoms with Crippen molar-refractivity contribution in [1.82, 2.24) is 0 Å². The van der Waals surface area contributed by atoms with Gasteiger partial charge < -0.3 is 85.2 Å². The highest BCUT2D eigenvalue weighted by molar-refractivity contribution is 4.96. The second-order valence-corrected chi connectivity index (χ2v) is 9.68. The summed E-state index contributed by atoms with van der Waals surface area (Å²) in [6.07, 6.45) is -27.2. The minimum atomic E-state index is -3.55. The van der Waals surface area contributed by atoms with E-state index < -0.39 is 131 Å². The van der Waals surface area contributed by atoms with Gasteiger partial charge in [0.1, 0.15) is 79.9 Å². The zero-order valence-corrected chi connectivity index (χ0v) is 21.0. The molecule has 3 aliphatic heterocycles. The van der Waals surface area contributed by atoms with Gasteiger partial charge in [0.2, 0.25) is 0 Å². The van der Waals surface area contributed by atoms with E-state index in [2.05, 4.69) is 0 Å². The first-order valence-electron chi connectivity index (χ1n) is 12.4. The summed E-state index contributed by atoms with van der Waals surface area (Å²) in [6, 6.07) is 0. The average molecular weight is 598 g/mol. The third-order valence-corrected chi connectivity index (χ3v) is 6.84. The van der Waals surface area contributed by atoms with Crippen LogP contribution < -0.4 is 5.73 Å². The number of halogens is 2. The van der Waals surface area contributed by atoms with Gasteiger partial charge in [0.25, 0.3) is 5.92 Å². The standard InChI is InChI=1S/C21H37F2NO16/c22-21(23,4-24)5-35-19-16(13(32)10(29)7(2-26)37-19)40-20-17(14(33)11(30)8(3-27)38-20)39-18-15(34)12(31)9(28)6(1-25)36-18/h6-20,25-34H,1-5,24H2/t6?,7?,8?,9-,10-,11-,12?,13?,14?,15?,16?,17?,18+,19+,20-/m1/s1. The third kappa shape index (κ3) is 7.21. The van der Waals surface area contributed by atoms with Crippen molar-refractivity contribution in [2.75, 3.05) is 33.0 Å². The summed E-state index contributed by atoms with van der Waals surface area (Å²) < 4.78 is 59.7. The number of hydrogen-bond donors (Lipinski definition) is 11. The van der Waals surface area contributed by atoms with Gasteiger partial charge in [0.05, 0.1) is 26.4 Å². The molecule has 3 saturated heterocycles. The van der Waals surface area contributed by atoms with Crippen LogP contribution in [0.1, 0.15) is 0 Å². The Morgan fingerprint density at radius 2 is 0.975 bits per heavy atom. The van der Waals surface area contributed by atoms with E-state index in [1.807, 2.05) is 0 Å². The van der Waals surface area contributed by atoms with Crippen molar-refractivity contribution in [1.29, 1.82) is 0 Å². The molecule has 19 heteroatoms. The minimum Gasteiger partial charge on any atom is -0.394 e. The lowest BCUT2D eigenvalue weighted by Gasteiger charge is -2.48. The van der Waals surface area contributed by atoms with Gasteiger partial charge in [-0.15, -0.1) is 0 Å². The number of ether oxygens (including phenoxy) is 6. The highest BCUT2D eigenvalue weighted by Gasteiger charge is 2.54. The number of hydrogen-bond acceptors (Lipinski definition) is 17. The first-order valence-corrected chi connectivity index (χ1v) is 12.4. The van der Waals surface area contributed by atoms with Crippen LogP contribution >= 0.6 is 0 Å². The van der Waals surface area contributed by atoms with Crippen molar-refractivity contribution < 1.29 is 88.3 Å². The number of aliphatic hydroxyl groups excluding tert-OH is 10. The lowest BCUT2D eigenvalue weighted by molar-refractivity contribution is -0.395. The zero-order valence-electron chi connectivity index (χ0n) is 21.0. The molecule has 0 bridgehead atoms. The van der Waals surface area contributed by atoms with Crippen molar-refractivity contribution in [2.45, 2.75) is 98.0 Å². The van der Waals surface area contributed by atoms with Gasteiger partial charge in [-0.2, -0.15) is 0 Å². The van der Waals surface area contributed by atoms with Crippen molar-refractivity contribution in [3.63, 3.8) is 0 Å². The number of nitrogens with two attached hydrogens (primary N) is 1. The molecule has 0 aromatic rings. The molecule has 9 unspecified atom stereocenters. The Labute approximate surface area is 225 Å². The van der Waals surface area contributed by atoms with Gasteiger partial charge in [-0.3, -0.25) is 0 Å². The molecular weight excluding hydrogens is 560 g/mol. The van der Waals surface area contributed by atoms with Crippen LogP contribution in [-0.2, 0) is 28.4 Å². The summed E-state index contributed by atoms with van der Waals surface area (Å²) >= 11 is 0. The van der Waals surface area contributed by atoms with Crippen LogP contribution in [0.4, 0.5) is 8.78 Å². The van der Waals surface area contributed by atoms with Crippen molar-refractivity contribution in [3.05, 3.63) is 0 Å². The van der Waals surface area contributed by atoms with Crippen LogP contribution in [0.25, 0.3) is 0 Å². The fourth-order valence-corrected chi connectivity index (χ4v) is 4.40. The average Bonchev–Trinajstić information content (AvgIpc) is 2.94. The van der Waals surface area contributed by atoms with E-state index in [1.54, 1.807) is 0 Å². The molecule has 0 aromatic heterocycles. The number of alkyl halides is 2. The van der Waals surface area contributed by atoms with E-state index in [0.29, 0.717) is 0 Å². The summed E-state index contributed by atoms with van der Waals surface area (Å²) in [6.45, 7) is -5.04. The summed E-state index contributed by atoms with van der Waals surface area (Å²) in [7, 11) is 0. The molecule has 3 aliphatic rings. The van der Waals surface area contributed by atoms with Gasteiger partial charge in [-0.25, -0.2) is 8.78 Å². The molecule has 12 N–H and O–H groups in total. The van der Waals surface area contributed by atoms with Crippen molar-refractivity contribution >= 4 is 0 Å². The highest BCUT2D eigenvalue weighted by atomic mass is 19.3. The molecule has 3 heterocycles. The van der Waals surface area contributed by atoms with Crippen LogP contribution in [0, 0.1) is 0 Å². The van der Waals surface area contributed by atoms with E-state index in [9.17, 15) is 59.8 Å². The maximum absolute atomic E-state index is 13.8. The predicted molar refractivity (Wildman–Crippen MR) is 119 cm³/mol. The smallest absolute Gasteiger partial charge is 0.283 e. The highest BCUT2D eigenvalue weighted by Crippen LogP contribution is 2.33. The third-order valence-electron chi connectivity index (χ3n) is 6.84. The molecule has 0 spiro atoms. The molecule has 40 heavy (non-hydrogen) atoms. The molecule has 0 aliphatic carbocycles. The van der Waals surface area contributed by atoms with Crippen LogP contribution in [0.2, 0.25) is 0 Å². The Hall–Kier alpha value is -0.820. The summed E-state index contributed by atoms with van der Waals surface area (Å²) in [5.41, 5.74) is 5.00. The second kappa shape index (κ2) is 14.1. The predicted octanol–water partition coefficient (Wildman–Crippen LogP) is -6.95. The topological polar surface area (TPSA) is 284 Å². The fourth-order valence-electron chi connectivity index (χ4n) is 4.40. The maximum atomic E-state index is 13.8. The molecule has 3 rings (SSSR count). The zero-order chi connectivity index (χ0) is 29.9. The van der Waals surface area contributed by atoms with Crippen molar-refractivity contribution in [3.8, 4) is 0 Å². The summed E-state index contributed by atoms with van der Waals surface area (Å²) in [5.74, 6) is -3.55. The van der Waals surface area contributed by atoms with E-state index in [1.165, 1.54) is 0 Å². The van der Waals surface area contributed by atoms with E-state index in [-0.39, 0.29) is 0 Å². The Kier molecular flexibility index (Phi) is 11.9. The van der Waals surface area contributed by atoms with Gasteiger partial charge in [-0.1, -0.05) is 0 Å². The summed E-state index contributed by atoms with van der Waals surface area (Å²) in [5, 5.41) is 101. The van der Waals surface area contributed by atoms with E-state index in [4.69, 9.17) is 34.2 Å². The fraction of sp³-hybridized carbons (Fsp3) is 1.00. The molecule has 0 aromatic carbocycles. The molecule has 3 fully saturated rings. The molecule has 15 atom stereocenters. The summed E-state index contributed by atoms with van der Waals surface area (Å²) in [4.78, 5) is 0. The Morgan fingerprint density at radius 3 is 1.45 bits per heavy atom. The second-order valence-electron chi connectivity index (χ2n) is 9.68. The quantitative estimate of drug-likeness (QED) is 0.105. The lowest BCUT2D eigenvalue weighted by atomic mass is 9.96. The minimum absolute atomic E-state index is 0.828. The maximum Gasteiger partial charge on any atom is 0.283 e. The van der Waals surface area contributed by atoms with Gasteiger partial charge in [0, 0.05) is 0 Å². The first kappa shape index (κ1) is 33.7. The largest absolute Gasteiger partial charge is 0.394 e.